The highest BCUT2D eigenvalue weighted by atomic mass is 16.7. The average molecular weight is 258 g/mol. The Hall–Kier alpha value is -2.40. The standard InChI is InChI=1S/C14H10O5/c15-12-8-10-11(18-12)6-7-17-14(10)19-13(16)9-4-2-1-3-5-9/h1-6,8,14H,7H2. The van der Waals surface area contributed by atoms with Crippen LogP contribution in [0.3, 0.4) is 0 Å². The lowest BCUT2D eigenvalue weighted by atomic mass is 10.1. The van der Waals surface area contributed by atoms with Gasteiger partial charge in [0, 0.05) is 6.08 Å². The third kappa shape index (κ3) is 2.28. The van der Waals surface area contributed by atoms with Crippen LogP contribution >= 0.6 is 0 Å². The number of ether oxygens (including phenoxy) is 3. The fraction of sp³-hybridized carbons (Fsp3) is 0.143. The van der Waals surface area contributed by atoms with Crippen LogP contribution in [0.1, 0.15) is 10.4 Å². The zero-order valence-corrected chi connectivity index (χ0v) is 9.87. The summed E-state index contributed by atoms with van der Waals surface area (Å²) < 4.78 is 15.5. The minimum Gasteiger partial charge on any atom is -0.427 e. The molecule has 96 valence electrons. The quantitative estimate of drug-likeness (QED) is 0.753. The van der Waals surface area contributed by atoms with Gasteiger partial charge >= 0.3 is 11.9 Å². The zero-order chi connectivity index (χ0) is 13.2. The third-order valence-corrected chi connectivity index (χ3v) is 2.76. The Morgan fingerprint density at radius 2 is 2.05 bits per heavy atom. The van der Waals surface area contributed by atoms with E-state index < -0.39 is 18.2 Å². The van der Waals surface area contributed by atoms with Crippen molar-refractivity contribution in [2.24, 2.45) is 0 Å². The van der Waals surface area contributed by atoms with E-state index in [0.717, 1.165) is 0 Å². The van der Waals surface area contributed by atoms with Gasteiger partial charge in [-0.1, -0.05) is 18.2 Å². The molecule has 19 heavy (non-hydrogen) atoms. The van der Waals surface area contributed by atoms with Gasteiger partial charge in [0.05, 0.1) is 17.7 Å². The number of hydrogen-bond donors (Lipinski definition) is 0. The summed E-state index contributed by atoms with van der Waals surface area (Å²) in [6.45, 7) is 0.229. The predicted octanol–water partition coefficient (Wildman–Crippen LogP) is 1.57. The van der Waals surface area contributed by atoms with Gasteiger partial charge in [0.25, 0.3) is 0 Å². The van der Waals surface area contributed by atoms with Gasteiger partial charge in [0.1, 0.15) is 5.76 Å². The second-order valence-corrected chi connectivity index (χ2v) is 4.03. The monoisotopic (exact) mass is 258 g/mol. The van der Waals surface area contributed by atoms with Crippen molar-refractivity contribution in [1.29, 1.82) is 0 Å². The summed E-state index contributed by atoms with van der Waals surface area (Å²) in [6, 6.07) is 8.58. The van der Waals surface area contributed by atoms with Crippen LogP contribution < -0.4 is 0 Å². The fourth-order valence-electron chi connectivity index (χ4n) is 1.88. The molecular weight excluding hydrogens is 248 g/mol. The number of esters is 2. The largest absolute Gasteiger partial charge is 0.427 e. The maximum absolute atomic E-state index is 11.9. The van der Waals surface area contributed by atoms with Crippen molar-refractivity contribution in [2.75, 3.05) is 6.61 Å². The fourth-order valence-corrected chi connectivity index (χ4v) is 1.88. The topological polar surface area (TPSA) is 61.8 Å². The molecule has 0 fully saturated rings. The molecule has 0 spiro atoms. The Balaban J connectivity index is 1.77. The summed E-state index contributed by atoms with van der Waals surface area (Å²) >= 11 is 0. The number of benzene rings is 1. The van der Waals surface area contributed by atoms with Gasteiger partial charge in [-0.2, -0.15) is 0 Å². The van der Waals surface area contributed by atoms with Gasteiger partial charge in [0.2, 0.25) is 6.29 Å². The first kappa shape index (κ1) is 11.7. The van der Waals surface area contributed by atoms with Crippen molar-refractivity contribution in [3.63, 3.8) is 0 Å². The molecule has 0 saturated carbocycles. The molecular formula is C14H10O5. The van der Waals surface area contributed by atoms with E-state index in [2.05, 4.69) is 0 Å². The van der Waals surface area contributed by atoms with Crippen molar-refractivity contribution in [3.05, 3.63) is 59.4 Å². The lowest BCUT2D eigenvalue weighted by molar-refractivity contribution is -0.132. The minimum absolute atomic E-state index is 0.229. The van der Waals surface area contributed by atoms with Crippen LogP contribution in [0, 0.1) is 0 Å². The van der Waals surface area contributed by atoms with Gasteiger partial charge in [0.15, 0.2) is 0 Å². The summed E-state index contributed by atoms with van der Waals surface area (Å²) in [5.74, 6) is -0.582. The SMILES string of the molecule is O=C1C=C2C(=CCOC2OC(=O)c2ccccc2)O1. The van der Waals surface area contributed by atoms with Gasteiger partial charge < -0.3 is 14.2 Å². The van der Waals surface area contributed by atoms with Crippen LogP contribution in [0.25, 0.3) is 0 Å². The van der Waals surface area contributed by atoms with Crippen molar-refractivity contribution < 1.29 is 23.8 Å². The Morgan fingerprint density at radius 3 is 2.84 bits per heavy atom. The van der Waals surface area contributed by atoms with E-state index in [1.165, 1.54) is 6.08 Å². The summed E-state index contributed by atoms with van der Waals surface area (Å²) in [5, 5.41) is 0. The van der Waals surface area contributed by atoms with E-state index in [9.17, 15) is 9.59 Å². The number of carbonyl (C=O) groups is 2. The minimum atomic E-state index is -0.904. The Morgan fingerprint density at radius 1 is 1.26 bits per heavy atom. The average Bonchev–Trinajstić information content (AvgIpc) is 2.81. The zero-order valence-electron chi connectivity index (χ0n) is 9.87. The van der Waals surface area contributed by atoms with Gasteiger partial charge in [-0.15, -0.1) is 0 Å². The molecule has 1 aromatic rings. The van der Waals surface area contributed by atoms with E-state index in [0.29, 0.717) is 16.9 Å². The van der Waals surface area contributed by atoms with E-state index in [4.69, 9.17) is 14.2 Å². The highest BCUT2D eigenvalue weighted by Crippen LogP contribution is 2.29. The normalized spacial score (nSPS) is 21.1. The number of hydrogen-bond acceptors (Lipinski definition) is 5. The first-order valence-corrected chi connectivity index (χ1v) is 5.75. The maximum Gasteiger partial charge on any atom is 0.340 e. The van der Waals surface area contributed by atoms with Gasteiger partial charge in [-0.25, -0.2) is 9.59 Å². The van der Waals surface area contributed by atoms with E-state index in [1.54, 1.807) is 36.4 Å². The van der Waals surface area contributed by atoms with Crippen LogP contribution in [0.15, 0.2) is 53.8 Å². The van der Waals surface area contributed by atoms with Crippen LogP contribution in [-0.4, -0.2) is 24.8 Å². The van der Waals surface area contributed by atoms with Crippen LogP contribution in [0.5, 0.6) is 0 Å². The molecule has 2 aliphatic rings. The van der Waals surface area contributed by atoms with Crippen molar-refractivity contribution in [1.82, 2.24) is 0 Å². The summed E-state index contributed by atoms with van der Waals surface area (Å²) in [5.41, 5.74) is 0.869. The lowest BCUT2D eigenvalue weighted by Gasteiger charge is -2.22. The molecule has 1 atom stereocenters. The number of carbonyl (C=O) groups excluding carboxylic acids is 2. The number of rotatable bonds is 2. The second-order valence-electron chi connectivity index (χ2n) is 4.03. The molecule has 0 saturated heterocycles. The highest BCUT2D eigenvalue weighted by Gasteiger charge is 2.33. The molecule has 0 N–H and O–H groups in total. The second kappa shape index (κ2) is 4.70. The van der Waals surface area contributed by atoms with Crippen molar-refractivity contribution in [3.8, 4) is 0 Å². The molecule has 5 nitrogen and oxygen atoms in total. The van der Waals surface area contributed by atoms with Gasteiger partial charge in [-0.3, -0.25) is 0 Å². The molecule has 2 aliphatic heterocycles. The highest BCUT2D eigenvalue weighted by molar-refractivity contribution is 5.91. The van der Waals surface area contributed by atoms with Crippen LogP contribution in [0.2, 0.25) is 0 Å². The first-order chi connectivity index (χ1) is 9.24. The van der Waals surface area contributed by atoms with Gasteiger partial charge in [-0.05, 0) is 18.2 Å². The molecule has 0 amide bonds. The van der Waals surface area contributed by atoms with E-state index >= 15 is 0 Å². The number of fused-ring (bicyclic) bond motifs is 1. The summed E-state index contributed by atoms with van der Waals surface area (Å²) in [6.07, 6.45) is 2.00. The third-order valence-electron chi connectivity index (χ3n) is 2.76. The summed E-state index contributed by atoms with van der Waals surface area (Å²) in [7, 11) is 0. The van der Waals surface area contributed by atoms with E-state index in [1.807, 2.05) is 0 Å². The predicted molar refractivity (Wildman–Crippen MR) is 63.9 cm³/mol. The Bertz CT molecular complexity index is 585. The lowest BCUT2D eigenvalue weighted by Crippen LogP contribution is -2.27. The molecule has 5 heteroatoms. The molecule has 2 heterocycles. The molecule has 1 aromatic carbocycles. The molecule has 0 radical (unpaired) electrons. The maximum atomic E-state index is 11.9. The van der Waals surface area contributed by atoms with E-state index in [-0.39, 0.29) is 6.61 Å². The molecule has 0 aliphatic carbocycles. The summed E-state index contributed by atoms with van der Waals surface area (Å²) in [4.78, 5) is 23.1. The molecule has 0 aromatic heterocycles. The Kier molecular flexibility index (Phi) is 2.89. The first-order valence-electron chi connectivity index (χ1n) is 5.75. The molecule has 1 unspecified atom stereocenters. The smallest absolute Gasteiger partial charge is 0.340 e. The Labute approximate surface area is 109 Å². The van der Waals surface area contributed by atoms with Crippen molar-refractivity contribution >= 4 is 11.9 Å². The van der Waals surface area contributed by atoms with Crippen LogP contribution in [-0.2, 0) is 19.0 Å². The van der Waals surface area contributed by atoms with Crippen LogP contribution in [0.4, 0.5) is 0 Å². The van der Waals surface area contributed by atoms with Crippen molar-refractivity contribution in [2.45, 2.75) is 6.29 Å². The molecule has 0 bridgehead atoms. The molecule has 3 rings (SSSR count).